The van der Waals surface area contributed by atoms with Crippen LogP contribution in [0.5, 0.6) is 0 Å². The second kappa shape index (κ2) is 7.25. The number of pyridine rings is 1. The van der Waals surface area contributed by atoms with Gasteiger partial charge < -0.3 is 17.0 Å². The zero-order valence-corrected chi connectivity index (χ0v) is 13.4. The van der Waals surface area contributed by atoms with Gasteiger partial charge in [0.15, 0.2) is 6.20 Å². The molecule has 0 N–H and O–H groups in total. The lowest BCUT2D eigenvalue weighted by atomic mass is 10.1. The van der Waals surface area contributed by atoms with Gasteiger partial charge in [0.1, 0.15) is 0 Å². The molecular formula is C13H10Br2N2O3. The minimum Gasteiger partial charge on any atom is -1.00 e. The van der Waals surface area contributed by atoms with Gasteiger partial charge in [0.2, 0.25) is 16.9 Å². The summed E-state index contributed by atoms with van der Waals surface area (Å²) in [6.45, 7) is 0.180. The van der Waals surface area contributed by atoms with Crippen LogP contribution in [0.25, 0.3) is 0 Å². The van der Waals surface area contributed by atoms with Gasteiger partial charge in [0.05, 0.1) is 4.92 Å². The zero-order valence-electron chi connectivity index (χ0n) is 10.2. The number of hydrogen-bond acceptors (Lipinski definition) is 3. The van der Waals surface area contributed by atoms with E-state index < -0.39 is 4.92 Å². The first-order valence-electron chi connectivity index (χ1n) is 5.49. The van der Waals surface area contributed by atoms with E-state index in [1.54, 1.807) is 10.8 Å². The van der Waals surface area contributed by atoms with Gasteiger partial charge in [-0.3, -0.25) is 14.9 Å². The van der Waals surface area contributed by atoms with Gasteiger partial charge in [0, 0.05) is 45.8 Å². The van der Waals surface area contributed by atoms with Crippen LogP contribution in [0.15, 0.2) is 53.3 Å². The molecular weight excluding hydrogens is 392 g/mol. The Labute approximate surface area is 134 Å². The SMILES string of the molecule is O=C(C[n+]1ccccc1Br)c1ccc([N+](=O)[O-])cc1.[Br-]. The summed E-state index contributed by atoms with van der Waals surface area (Å²) in [5.74, 6) is -0.105. The average Bonchev–Trinajstić information content (AvgIpc) is 2.41. The van der Waals surface area contributed by atoms with Gasteiger partial charge >= 0.3 is 0 Å². The predicted molar refractivity (Wildman–Crippen MR) is 71.8 cm³/mol. The van der Waals surface area contributed by atoms with Crippen LogP contribution in [-0.4, -0.2) is 10.7 Å². The van der Waals surface area contributed by atoms with Crippen molar-refractivity contribution in [1.82, 2.24) is 0 Å². The molecule has 0 atom stereocenters. The van der Waals surface area contributed by atoms with Crippen LogP contribution in [0.2, 0.25) is 0 Å². The Morgan fingerprint density at radius 1 is 1.20 bits per heavy atom. The molecule has 0 amide bonds. The van der Waals surface area contributed by atoms with E-state index >= 15 is 0 Å². The number of carbonyl (C=O) groups is 1. The van der Waals surface area contributed by atoms with E-state index in [2.05, 4.69) is 15.9 Å². The molecule has 20 heavy (non-hydrogen) atoms. The molecule has 0 aliphatic carbocycles. The fraction of sp³-hybridized carbons (Fsp3) is 0.0769. The Bertz CT molecular complexity index is 630. The molecule has 7 heteroatoms. The van der Waals surface area contributed by atoms with Crippen molar-refractivity contribution in [1.29, 1.82) is 0 Å². The molecule has 5 nitrogen and oxygen atoms in total. The van der Waals surface area contributed by atoms with Crippen LogP contribution in [0.4, 0.5) is 5.69 Å². The molecule has 0 spiro atoms. The second-order valence-corrected chi connectivity index (χ2v) is 4.69. The van der Waals surface area contributed by atoms with E-state index in [0.29, 0.717) is 5.56 Å². The number of nitrogens with zero attached hydrogens (tertiary/aromatic N) is 2. The lowest BCUT2D eigenvalue weighted by Gasteiger charge is -1.99. The highest BCUT2D eigenvalue weighted by molar-refractivity contribution is 9.10. The van der Waals surface area contributed by atoms with Crippen molar-refractivity contribution in [3.63, 3.8) is 0 Å². The molecule has 1 aromatic heterocycles. The number of hydrogen-bond donors (Lipinski definition) is 0. The monoisotopic (exact) mass is 400 g/mol. The molecule has 0 fully saturated rings. The highest BCUT2D eigenvalue weighted by Crippen LogP contribution is 2.12. The third-order valence-corrected chi connectivity index (χ3v) is 3.32. The molecule has 1 heterocycles. The summed E-state index contributed by atoms with van der Waals surface area (Å²) >= 11 is 3.35. The number of non-ortho nitro benzene ring substituents is 1. The van der Waals surface area contributed by atoms with Gasteiger partial charge in [-0.1, -0.05) is 0 Å². The topological polar surface area (TPSA) is 64.1 Å². The average molecular weight is 402 g/mol. The Morgan fingerprint density at radius 2 is 1.85 bits per heavy atom. The van der Waals surface area contributed by atoms with Gasteiger partial charge in [-0.25, -0.2) is 0 Å². The van der Waals surface area contributed by atoms with E-state index in [1.165, 1.54) is 24.3 Å². The lowest BCUT2D eigenvalue weighted by molar-refractivity contribution is -0.694. The number of nitro benzene ring substituents is 1. The van der Waals surface area contributed by atoms with Crippen LogP contribution in [0.3, 0.4) is 0 Å². The third-order valence-electron chi connectivity index (χ3n) is 2.60. The number of halogens is 2. The van der Waals surface area contributed by atoms with Crippen molar-refractivity contribution in [3.8, 4) is 0 Å². The first kappa shape index (κ1) is 16.5. The number of Topliss-reactive ketones (excluding diaryl/α,β-unsaturated/α-hetero) is 1. The number of carbonyl (C=O) groups excluding carboxylic acids is 1. The fourth-order valence-electron chi connectivity index (χ4n) is 1.60. The van der Waals surface area contributed by atoms with Crippen molar-refractivity contribution < 1.29 is 31.3 Å². The van der Waals surface area contributed by atoms with Crippen molar-refractivity contribution in [2.75, 3.05) is 0 Å². The minimum absolute atomic E-state index is 0. The number of ketones is 1. The summed E-state index contributed by atoms with van der Waals surface area (Å²) in [6.07, 6.45) is 1.79. The van der Waals surface area contributed by atoms with Gasteiger partial charge in [-0.05, 0) is 18.2 Å². The normalized spacial score (nSPS) is 9.65. The number of aromatic nitrogens is 1. The summed E-state index contributed by atoms with van der Waals surface area (Å²) in [5, 5.41) is 10.5. The van der Waals surface area contributed by atoms with Crippen LogP contribution in [0, 0.1) is 10.1 Å². The highest BCUT2D eigenvalue weighted by Gasteiger charge is 2.15. The quantitative estimate of drug-likeness (QED) is 0.229. The third kappa shape index (κ3) is 3.94. The second-order valence-electron chi connectivity index (χ2n) is 3.88. The Balaban J connectivity index is 0.00000200. The van der Waals surface area contributed by atoms with E-state index in [4.69, 9.17) is 0 Å². The van der Waals surface area contributed by atoms with Crippen LogP contribution >= 0.6 is 15.9 Å². The van der Waals surface area contributed by atoms with Gasteiger partial charge in [-0.2, -0.15) is 4.57 Å². The smallest absolute Gasteiger partial charge is 0.269 e. The maximum Gasteiger partial charge on any atom is 0.269 e. The van der Waals surface area contributed by atoms with Crippen molar-refractivity contribution >= 4 is 27.4 Å². The summed E-state index contributed by atoms with van der Waals surface area (Å²) in [7, 11) is 0. The standard InChI is InChI=1S/C13H10BrN2O3.BrH/c14-13-3-1-2-8-15(13)9-12(17)10-4-6-11(7-5-10)16(18)19;/h1-8H,9H2;1H/q+1;/p-1. The number of nitro groups is 1. The molecule has 0 unspecified atom stereocenters. The first-order valence-corrected chi connectivity index (χ1v) is 6.29. The van der Waals surface area contributed by atoms with Gasteiger partial charge in [-0.15, -0.1) is 0 Å². The molecule has 1 aromatic carbocycles. The molecule has 0 saturated carbocycles. The predicted octanol–water partition coefficient (Wildman–Crippen LogP) is -0.468. The largest absolute Gasteiger partial charge is 1.00 e. The Hall–Kier alpha value is -1.60. The number of rotatable bonds is 4. The lowest BCUT2D eigenvalue weighted by Crippen LogP contribution is -3.00. The van der Waals surface area contributed by atoms with Crippen LogP contribution < -0.4 is 21.5 Å². The van der Waals surface area contributed by atoms with Crippen LogP contribution in [0.1, 0.15) is 10.4 Å². The number of benzene rings is 1. The molecule has 104 valence electrons. The summed E-state index contributed by atoms with van der Waals surface area (Å²) in [6, 6.07) is 11.1. The zero-order chi connectivity index (χ0) is 13.8. The van der Waals surface area contributed by atoms with E-state index in [-0.39, 0.29) is 35.0 Å². The van der Waals surface area contributed by atoms with Crippen molar-refractivity contribution in [2.24, 2.45) is 0 Å². The highest BCUT2D eigenvalue weighted by atomic mass is 79.9. The maximum atomic E-state index is 12.0. The summed E-state index contributed by atoms with van der Waals surface area (Å²) in [4.78, 5) is 22.1. The van der Waals surface area contributed by atoms with Gasteiger partial charge in [0.25, 0.3) is 5.69 Å². The Kier molecular flexibility index (Phi) is 5.97. The fourth-order valence-corrected chi connectivity index (χ4v) is 1.99. The maximum absolute atomic E-state index is 12.0. The Morgan fingerprint density at radius 3 is 2.40 bits per heavy atom. The molecule has 0 saturated heterocycles. The molecule has 0 radical (unpaired) electrons. The minimum atomic E-state index is -0.489. The van der Waals surface area contributed by atoms with Crippen molar-refractivity contribution in [2.45, 2.75) is 6.54 Å². The summed E-state index contributed by atoms with van der Waals surface area (Å²) in [5.41, 5.74) is 0.430. The molecule has 2 aromatic rings. The van der Waals surface area contributed by atoms with E-state index in [1.807, 2.05) is 18.2 Å². The van der Waals surface area contributed by atoms with Crippen molar-refractivity contribution in [3.05, 3.63) is 68.9 Å². The molecule has 2 rings (SSSR count). The van der Waals surface area contributed by atoms with Crippen LogP contribution in [-0.2, 0) is 6.54 Å². The molecule has 0 aliphatic rings. The molecule has 0 aliphatic heterocycles. The van der Waals surface area contributed by atoms with E-state index in [0.717, 1.165) is 4.60 Å². The molecule has 0 bridgehead atoms. The first-order chi connectivity index (χ1) is 9.08. The summed E-state index contributed by atoms with van der Waals surface area (Å²) < 4.78 is 2.55. The van der Waals surface area contributed by atoms with E-state index in [9.17, 15) is 14.9 Å².